The number of halogens is 2. The quantitative estimate of drug-likeness (QED) is 0.893. The Morgan fingerprint density at radius 2 is 2.17 bits per heavy atom. The van der Waals surface area contributed by atoms with E-state index in [1.807, 2.05) is 13.8 Å². The predicted octanol–water partition coefficient (Wildman–Crippen LogP) is 3.62. The van der Waals surface area contributed by atoms with E-state index >= 15 is 0 Å². The molecule has 1 aromatic rings. The average molecular weight is 271 g/mol. The van der Waals surface area contributed by atoms with Crippen molar-refractivity contribution in [1.82, 2.24) is 0 Å². The van der Waals surface area contributed by atoms with Crippen molar-refractivity contribution in [3.63, 3.8) is 0 Å². The van der Waals surface area contributed by atoms with E-state index in [9.17, 15) is 9.18 Å². The van der Waals surface area contributed by atoms with Crippen molar-refractivity contribution < 1.29 is 19.0 Å². The summed E-state index contributed by atoms with van der Waals surface area (Å²) in [4.78, 5) is 10.9. The van der Waals surface area contributed by atoms with Gasteiger partial charge in [0, 0.05) is 10.6 Å². The SMILES string of the molecule is CC(C)c1cc(Cl)cc2c1OC(F)C(C(=O)O)=C2. The van der Waals surface area contributed by atoms with Gasteiger partial charge in [0.2, 0.25) is 0 Å². The van der Waals surface area contributed by atoms with Gasteiger partial charge < -0.3 is 9.84 Å². The number of ether oxygens (including phenoxy) is 1. The molecule has 1 N–H and O–H groups in total. The van der Waals surface area contributed by atoms with E-state index < -0.39 is 17.9 Å². The van der Waals surface area contributed by atoms with Crippen LogP contribution in [0.2, 0.25) is 5.02 Å². The number of fused-ring (bicyclic) bond motifs is 1. The van der Waals surface area contributed by atoms with Crippen LogP contribution in [0.15, 0.2) is 17.7 Å². The molecule has 1 unspecified atom stereocenters. The van der Waals surface area contributed by atoms with Crippen LogP contribution < -0.4 is 4.74 Å². The van der Waals surface area contributed by atoms with Crippen molar-refractivity contribution in [2.24, 2.45) is 0 Å². The maximum atomic E-state index is 13.6. The van der Waals surface area contributed by atoms with Crippen LogP contribution >= 0.6 is 11.6 Å². The zero-order valence-corrected chi connectivity index (χ0v) is 10.7. The van der Waals surface area contributed by atoms with Gasteiger partial charge in [-0.15, -0.1) is 0 Å². The van der Waals surface area contributed by atoms with Crippen LogP contribution in [0, 0.1) is 0 Å². The first-order valence-corrected chi connectivity index (χ1v) is 5.87. The maximum Gasteiger partial charge on any atom is 0.338 e. The zero-order chi connectivity index (χ0) is 13.4. The van der Waals surface area contributed by atoms with Gasteiger partial charge in [0.1, 0.15) is 11.3 Å². The summed E-state index contributed by atoms with van der Waals surface area (Å²) in [5, 5.41) is 9.33. The molecule has 1 atom stereocenters. The molecule has 0 fully saturated rings. The third-order valence-electron chi connectivity index (χ3n) is 2.76. The normalized spacial score (nSPS) is 18.1. The highest BCUT2D eigenvalue weighted by Crippen LogP contribution is 2.39. The summed E-state index contributed by atoms with van der Waals surface area (Å²) in [7, 11) is 0. The first-order chi connectivity index (χ1) is 8.40. The summed E-state index contributed by atoms with van der Waals surface area (Å²) in [6.45, 7) is 3.86. The minimum Gasteiger partial charge on any atom is -0.478 e. The molecule has 18 heavy (non-hydrogen) atoms. The number of benzene rings is 1. The Bertz CT molecular complexity index is 537. The largest absolute Gasteiger partial charge is 0.478 e. The fourth-order valence-electron chi connectivity index (χ4n) is 1.87. The van der Waals surface area contributed by atoms with Crippen LogP contribution in [0.25, 0.3) is 6.08 Å². The van der Waals surface area contributed by atoms with Crippen LogP contribution in [0.1, 0.15) is 30.9 Å². The second kappa shape index (κ2) is 4.61. The first kappa shape index (κ1) is 12.9. The van der Waals surface area contributed by atoms with Crippen LogP contribution in [0.4, 0.5) is 4.39 Å². The van der Waals surface area contributed by atoms with Crippen molar-refractivity contribution in [2.75, 3.05) is 0 Å². The summed E-state index contributed by atoms with van der Waals surface area (Å²) >= 11 is 5.96. The Morgan fingerprint density at radius 3 is 2.72 bits per heavy atom. The van der Waals surface area contributed by atoms with Crippen LogP contribution in [0.5, 0.6) is 5.75 Å². The van der Waals surface area contributed by atoms with Crippen LogP contribution in [-0.4, -0.2) is 17.4 Å². The highest BCUT2D eigenvalue weighted by atomic mass is 35.5. The number of carboxylic acids is 1. The molecule has 3 nitrogen and oxygen atoms in total. The third-order valence-corrected chi connectivity index (χ3v) is 2.98. The fourth-order valence-corrected chi connectivity index (χ4v) is 2.10. The lowest BCUT2D eigenvalue weighted by Gasteiger charge is -2.23. The summed E-state index contributed by atoms with van der Waals surface area (Å²) in [5.74, 6) is -0.865. The maximum absolute atomic E-state index is 13.6. The molecule has 0 radical (unpaired) electrons. The lowest BCUT2D eigenvalue weighted by molar-refractivity contribution is -0.134. The molecule has 96 valence electrons. The Balaban J connectivity index is 2.62. The zero-order valence-electron chi connectivity index (χ0n) is 9.91. The molecule has 0 aromatic heterocycles. The van der Waals surface area contributed by atoms with Gasteiger partial charge in [-0.05, 0) is 29.7 Å². The Morgan fingerprint density at radius 1 is 1.50 bits per heavy atom. The highest BCUT2D eigenvalue weighted by molar-refractivity contribution is 6.30. The van der Waals surface area contributed by atoms with E-state index in [2.05, 4.69) is 0 Å². The third kappa shape index (κ3) is 2.20. The van der Waals surface area contributed by atoms with Gasteiger partial charge in [-0.2, -0.15) is 4.39 Å². The Kier molecular flexibility index (Phi) is 3.30. The van der Waals surface area contributed by atoms with Crippen molar-refractivity contribution in [2.45, 2.75) is 26.1 Å². The number of carbonyl (C=O) groups is 1. The van der Waals surface area contributed by atoms with Gasteiger partial charge in [0.25, 0.3) is 6.36 Å². The summed E-state index contributed by atoms with van der Waals surface area (Å²) < 4.78 is 18.7. The van der Waals surface area contributed by atoms with Crippen molar-refractivity contribution in [3.8, 4) is 5.75 Å². The standard InChI is InChI=1S/C13H12ClFO3/c1-6(2)9-5-8(14)3-7-4-10(13(16)17)12(15)18-11(7)9/h3-6,12H,1-2H3,(H,16,17). The molecule has 0 bridgehead atoms. The van der Waals surface area contributed by atoms with Gasteiger partial charge in [-0.1, -0.05) is 25.4 Å². The molecule has 1 aliphatic rings. The van der Waals surface area contributed by atoms with Crippen LogP contribution in [-0.2, 0) is 4.79 Å². The minimum atomic E-state index is -1.95. The van der Waals surface area contributed by atoms with E-state index in [1.54, 1.807) is 12.1 Å². The number of alkyl halides is 1. The van der Waals surface area contributed by atoms with E-state index in [-0.39, 0.29) is 5.92 Å². The van der Waals surface area contributed by atoms with E-state index in [0.29, 0.717) is 16.3 Å². The van der Waals surface area contributed by atoms with Gasteiger partial charge in [-0.3, -0.25) is 0 Å². The van der Waals surface area contributed by atoms with Crippen molar-refractivity contribution in [3.05, 3.63) is 33.9 Å². The summed E-state index contributed by atoms with van der Waals surface area (Å²) in [5.41, 5.74) is 0.845. The van der Waals surface area contributed by atoms with Crippen molar-refractivity contribution >= 4 is 23.6 Å². The summed E-state index contributed by atoms with van der Waals surface area (Å²) in [6, 6.07) is 3.27. The second-order valence-electron chi connectivity index (χ2n) is 4.41. The molecular weight excluding hydrogens is 259 g/mol. The molecule has 0 spiro atoms. The van der Waals surface area contributed by atoms with Gasteiger partial charge in [-0.25, -0.2) is 4.79 Å². The number of hydrogen-bond donors (Lipinski definition) is 1. The monoisotopic (exact) mass is 270 g/mol. The summed E-state index contributed by atoms with van der Waals surface area (Å²) in [6.07, 6.45) is -0.683. The molecule has 1 heterocycles. The Labute approximate surface area is 109 Å². The Hall–Kier alpha value is -1.55. The number of rotatable bonds is 2. The smallest absolute Gasteiger partial charge is 0.338 e. The second-order valence-corrected chi connectivity index (χ2v) is 4.84. The average Bonchev–Trinajstić information content (AvgIpc) is 2.27. The lowest BCUT2D eigenvalue weighted by atomic mass is 9.96. The first-order valence-electron chi connectivity index (χ1n) is 5.49. The van der Waals surface area contributed by atoms with Crippen LogP contribution in [0.3, 0.4) is 0 Å². The molecule has 1 aromatic carbocycles. The molecule has 0 amide bonds. The molecule has 0 saturated heterocycles. The van der Waals surface area contributed by atoms with E-state index in [0.717, 1.165) is 5.56 Å². The van der Waals surface area contributed by atoms with Gasteiger partial charge >= 0.3 is 5.97 Å². The number of aliphatic carboxylic acids is 1. The number of hydrogen-bond acceptors (Lipinski definition) is 2. The molecule has 2 rings (SSSR count). The topological polar surface area (TPSA) is 46.5 Å². The molecule has 1 aliphatic heterocycles. The minimum absolute atomic E-state index is 0.101. The molecular formula is C13H12ClFO3. The van der Waals surface area contributed by atoms with Gasteiger partial charge in [0.05, 0.1) is 0 Å². The highest BCUT2D eigenvalue weighted by Gasteiger charge is 2.29. The van der Waals surface area contributed by atoms with Gasteiger partial charge in [0.15, 0.2) is 0 Å². The molecule has 0 aliphatic carbocycles. The lowest BCUT2D eigenvalue weighted by Crippen LogP contribution is -2.23. The predicted molar refractivity (Wildman–Crippen MR) is 66.7 cm³/mol. The van der Waals surface area contributed by atoms with E-state index in [1.165, 1.54) is 6.08 Å². The molecule has 0 saturated carbocycles. The van der Waals surface area contributed by atoms with E-state index in [4.69, 9.17) is 21.4 Å². The number of carboxylic acid groups (broad SMARTS) is 1. The molecule has 5 heteroatoms. The fraction of sp³-hybridized carbons (Fsp3) is 0.308. The van der Waals surface area contributed by atoms with Crippen molar-refractivity contribution in [1.29, 1.82) is 0 Å².